The van der Waals surface area contributed by atoms with Gasteiger partial charge in [-0.1, -0.05) is 0 Å². The summed E-state index contributed by atoms with van der Waals surface area (Å²) in [7, 11) is 1.32. The van der Waals surface area contributed by atoms with Crippen molar-refractivity contribution in [2.24, 2.45) is 0 Å². The van der Waals surface area contributed by atoms with Gasteiger partial charge in [0, 0.05) is 19.2 Å². The van der Waals surface area contributed by atoms with E-state index in [4.69, 9.17) is 0 Å². The van der Waals surface area contributed by atoms with E-state index in [0.717, 1.165) is 12.1 Å². The van der Waals surface area contributed by atoms with Gasteiger partial charge in [0.25, 0.3) is 5.91 Å². The van der Waals surface area contributed by atoms with Gasteiger partial charge in [-0.25, -0.2) is 8.78 Å². The molecule has 21 heavy (non-hydrogen) atoms. The predicted octanol–water partition coefficient (Wildman–Crippen LogP) is 2.32. The summed E-state index contributed by atoms with van der Waals surface area (Å²) in [5.74, 6) is -2.71. The maximum absolute atomic E-state index is 13.4. The molecule has 0 saturated heterocycles. The monoisotopic (exact) mass is 312 g/mol. The van der Waals surface area contributed by atoms with Gasteiger partial charge in [0.2, 0.25) is 0 Å². The number of carbonyl (C=O) groups is 1. The highest BCUT2D eigenvalue weighted by atomic mass is 19.4. The van der Waals surface area contributed by atoms with E-state index >= 15 is 0 Å². The first-order valence-electron chi connectivity index (χ1n) is 5.84. The van der Waals surface area contributed by atoms with Crippen molar-refractivity contribution in [3.05, 3.63) is 29.3 Å². The van der Waals surface area contributed by atoms with Gasteiger partial charge in [0.05, 0.1) is 6.61 Å². The van der Waals surface area contributed by atoms with Crippen molar-refractivity contribution in [3.63, 3.8) is 0 Å². The third-order valence-corrected chi connectivity index (χ3v) is 2.35. The fraction of sp³-hybridized carbons (Fsp3) is 0.417. The van der Waals surface area contributed by atoms with Crippen LogP contribution in [0.4, 0.5) is 27.6 Å². The van der Waals surface area contributed by atoms with Crippen LogP contribution in [0.2, 0.25) is 0 Å². The van der Waals surface area contributed by atoms with Crippen molar-refractivity contribution in [2.45, 2.75) is 6.18 Å². The Morgan fingerprint density at radius 2 is 1.81 bits per heavy atom. The Bertz CT molecular complexity index is 482. The van der Waals surface area contributed by atoms with E-state index in [2.05, 4.69) is 15.4 Å². The van der Waals surface area contributed by atoms with Gasteiger partial charge in [0.1, 0.15) is 23.9 Å². The van der Waals surface area contributed by atoms with E-state index in [0.29, 0.717) is 0 Å². The number of alkyl halides is 3. The molecule has 4 nitrogen and oxygen atoms in total. The van der Waals surface area contributed by atoms with Gasteiger partial charge >= 0.3 is 6.18 Å². The van der Waals surface area contributed by atoms with E-state index in [1.165, 1.54) is 7.05 Å². The molecule has 0 saturated carbocycles. The second-order valence-corrected chi connectivity index (χ2v) is 3.99. The predicted molar refractivity (Wildman–Crippen MR) is 65.1 cm³/mol. The standard InChI is InChI=1S/C12H13F5N2O2/c1-18-10-8(13)4-7(5-9(10)14)11(20)19-2-3-21-6-12(15,16)17/h4-5,18H,2-3,6H2,1H3,(H,19,20). The van der Waals surface area contributed by atoms with Crippen molar-refractivity contribution in [3.8, 4) is 0 Å². The summed E-state index contributed by atoms with van der Waals surface area (Å²) in [5, 5.41) is 4.49. The van der Waals surface area contributed by atoms with Crippen molar-refractivity contribution in [2.75, 3.05) is 32.1 Å². The van der Waals surface area contributed by atoms with E-state index in [1.807, 2.05) is 0 Å². The first kappa shape index (κ1) is 17.2. The maximum Gasteiger partial charge on any atom is 0.411 e. The normalized spacial score (nSPS) is 11.3. The first-order valence-corrected chi connectivity index (χ1v) is 5.84. The third kappa shape index (κ3) is 5.54. The average Bonchev–Trinajstić information content (AvgIpc) is 2.36. The smallest absolute Gasteiger partial charge is 0.383 e. The summed E-state index contributed by atoms with van der Waals surface area (Å²) >= 11 is 0. The minimum atomic E-state index is -4.45. The van der Waals surface area contributed by atoms with E-state index in [9.17, 15) is 26.7 Å². The molecule has 0 radical (unpaired) electrons. The average molecular weight is 312 g/mol. The molecule has 0 heterocycles. The van der Waals surface area contributed by atoms with Crippen LogP contribution >= 0.6 is 0 Å². The zero-order chi connectivity index (χ0) is 16.0. The summed E-state index contributed by atoms with van der Waals surface area (Å²) in [5.41, 5.74) is -0.653. The van der Waals surface area contributed by atoms with Crippen LogP contribution in [-0.2, 0) is 4.74 Å². The van der Waals surface area contributed by atoms with Crippen molar-refractivity contribution >= 4 is 11.6 Å². The van der Waals surface area contributed by atoms with Crippen LogP contribution in [0.5, 0.6) is 0 Å². The van der Waals surface area contributed by atoms with Crippen molar-refractivity contribution < 1.29 is 31.5 Å². The Kier molecular flexibility index (Phi) is 5.89. The second-order valence-electron chi connectivity index (χ2n) is 3.99. The van der Waals surface area contributed by atoms with Crippen LogP contribution in [0.25, 0.3) is 0 Å². The van der Waals surface area contributed by atoms with Gasteiger partial charge in [-0.05, 0) is 12.1 Å². The van der Waals surface area contributed by atoms with Gasteiger partial charge < -0.3 is 15.4 Å². The number of amides is 1. The highest BCUT2D eigenvalue weighted by Gasteiger charge is 2.27. The number of nitrogens with one attached hydrogen (secondary N) is 2. The zero-order valence-corrected chi connectivity index (χ0v) is 11.0. The van der Waals surface area contributed by atoms with Crippen molar-refractivity contribution in [1.29, 1.82) is 0 Å². The fourth-order valence-electron chi connectivity index (χ4n) is 1.47. The van der Waals surface area contributed by atoms with Gasteiger partial charge in [-0.2, -0.15) is 13.2 Å². The lowest BCUT2D eigenvalue weighted by atomic mass is 10.1. The number of hydrogen-bond donors (Lipinski definition) is 2. The molecule has 0 aliphatic heterocycles. The van der Waals surface area contributed by atoms with Crippen LogP contribution in [0, 0.1) is 11.6 Å². The third-order valence-electron chi connectivity index (χ3n) is 2.35. The van der Waals surface area contributed by atoms with Crippen LogP contribution in [-0.4, -0.2) is 38.9 Å². The molecule has 1 amide bonds. The number of anilines is 1. The highest BCUT2D eigenvalue weighted by Crippen LogP contribution is 2.20. The molecular weight excluding hydrogens is 299 g/mol. The molecular formula is C12H13F5N2O2. The lowest BCUT2D eigenvalue weighted by molar-refractivity contribution is -0.173. The van der Waals surface area contributed by atoms with E-state index < -0.39 is 30.3 Å². The molecule has 0 aliphatic rings. The topological polar surface area (TPSA) is 50.4 Å². The van der Waals surface area contributed by atoms with E-state index in [-0.39, 0.29) is 24.4 Å². The summed E-state index contributed by atoms with van der Waals surface area (Å²) in [6.45, 7) is -2.01. The first-order chi connectivity index (χ1) is 9.74. The number of hydrogen-bond acceptors (Lipinski definition) is 3. The minimum Gasteiger partial charge on any atom is -0.383 e. The minimum absolute atomic E-state index is 0.216. The molecule has 0 bridgehead atoms. The molecule has 1 rings (SSSR count). The zero-order valence-electron chi connectivity index (χ0n) is 11.0. The van der Waals surface area contributed by atoms with Gasteiger partial charge in [-0.15, -0.1) is 0 Å². The molecule has 1 aromatic rings. The number of halogens is 5. The molecule has 118 valence electrons. The maximum atomic E-state index is 13.4. The summed E-state index contributed by atoms with van der Waals surface area (Å²) in [4.78, 5) is 11.6. The van der Waals surface area contributed by atoms with Gasteiger partial charge in [-0.3, -0.25) is 4.79 Å². The Labute approximate surface area is 117 Å². The number of ether oxygens (including phenoxy) is 1. The molecule has 2 N–H and O–H groups in total. The molecule has 0 spiro atoms. The quantitative estimate of drug-likeness (QED) is 0.626. The number of rotatable bonds is 6. The molecule has 9 heteroatoms. The van der Waals surface area contributed by atoms with Crippen LogP contribution in [0.3, 0.4) is 0 Å². The van der Waals surface area contributed by atoms with Crippen LogP contribution < -0.4 is 10.6 Å². The Morgan fingerprint density at radius 3 is 2.29 bits per heavy atom. The Morgan fingerprint density at radius 1 is 1.24 bits per heavy atom. The van der Waals surface area contributed by atoms with Crippen LogP contribution in [0.1, 0.15) is 10.4 Å². The summed E-state index contributed by atoms with van der Waals surface area (Å²) in [6, 6.07) is 1.64. The highest BCUT2D eigenvalue weighted by molar-refractivity contribution is 5.94. The largest absolute Gasteiger partial charge is 0.411 e. The Hall–Kier alpha value is -1.90. The Balaban J connectivity index is 2.50. The van der Waals surface area contributed by atoms with Crippen molar-refractivity contribution in [1.82, 2.24) is 5.32 Å². The fourth-order valence-corrected chi connectivity index (χ4v) is 1.47. The molecule has 0 aliphatic carbocycles. The molecule has 0 fully saturated rings. The van der Waals surface area contributed by atoms with Crippen LogP contribution in [0.15, 0.2) is 12.1 Å². The molecule has 0 unspecified atom stereocenters. The summed E-state index contributed by atoms with van der Waals surface area (Å²) in [6.07, 6.45) is -4.45. The molecule has 0 atom stereocenters. The number of carbonyl (C=O) groups excluding carboxylic acids is 1. The SMILES string of the molecule is CNc1c(F)cc(C(=O)NCCOCC(F)(F)F)cc1F. The molecule has 1 aromatic carbocycles. The lowest BCUT2D eigenvalue weighted by Crippen LogP contribution is -2.29. The second kappa shape index (κ2) is 7.21. The lowest BCUT2D eigenvalue weighted by Gasteiger charge is -2.10. The summed E-state index contributed by atoms with van der Waals surface area (Å²) < 4.78 is 66.4. The molecule has 0 aromatic heterocycles. The number of benzene rings is 1. The van der Waals surface area contributed by atoms with Gasteiger partial charge in [0.15, 0.2) is 0 Å². The van der Waals surface area contributed by atoms with E-state index in [1.54, 1.807) is 0 Å².